The molecule has 0 aliphatic rings. The molecule has 0 heterocycles. The molecule has 0 spiro atoms. The Kier molecular flexibility index (Phi) is 6.33. The van der Waals surface area contributed by atoms with Gasteiger partial charge in [-0.1, -0.05) is 38.0 Å². The standard InChI is InChI=1S/C11H16O.Si/c1-2-3-4-7-10-8-5-6-9-11(10)12;/h5-6,8-9,12H,2-4,7H2,1H3;. The Morgan fingerprint density at radius 3 is 2.46 bits per heavy atom. The maximum absolute atomic E-state index is 9.41. The lowest BCUT2D eigenvalue weighted by Crippen LogP contribution is -1.85. The Morgan fingerprint density at radius 1 is 1.15 bits per heavy atom. The molecular weight excluding hydrogens is 176 g/mol. The average Bonchev–Trinajstić information content (AvgIpc) is 2.09. The van der Waals surface area contributed by atoms with Crippen molar-refractivity contribution in [2.45, 2.75) is 32.6 Å². The number of phenolic OH excluding ortho intramolecular Hbond substituents is 1. The van der Waals surface area contributed by atoms with Crippen LogP contribution in [0.2, 0.25) is 0 Å². The van der Waals surface area contributed by atoms with Gasteiger partial charge in [0.1, 0.15) is 5.75 Å². The summed E-state index contributed by atoms with van der Waals surface area (Å²) in [4.78, 5) is 0. The molecule has 0 saturated carbocycles. The van der Waals surface area contributed by atoms with E-state index < -0.39 is 0 Å². The Hall–Kier alpha value is -0.763. The second-order valence-electron chi connectivity index (χ2n) is 3.09. The van der Waals surface area contributed by atoms with Gasteiger partial charge in [0.15, 0.2) is 0 Å². The minimum absolute atomic E-state index is 0. The molecule has 0 aliphatic carbocycles. The molecule has 13 heavy (non-hydrogen) atoms. The molecule has 1 rings (SSSR count). The summed E-state index contributed by atoms with van der Waals surface area (Å²) in [5.74, 6) is 0.439. The second-order valence-corrected chi connectivity index (χ2v) is 3.09. The van der Waals surface area contributed by atoms with E-state index >= 15 is 0 Å². The van der Waals surface area contributed by atoms with Crippen molar-refractivity contribution >= 4 is 11.0 Å². The zero-order chi connectivity index (χ0) is 8.81. The van der Waals surface area contributed by atoms with Crippen LogP contribution in [0.15, 0.2) is 24.3 Å². The maximum Gasteiger partial charge on any atom is 0.118 e. The van der Waals surface area contributed by atoms with Crippen molar-refractivity contribution in [3.05, 3.63) is 29.8 Å². The van der Waals surface area contributed by atoms with E-state index in [1.54, 1.807) is 6.07 Å². The first-order valence-electron chi connectivity index (χ1n) is 4.61. The minimum Gasteiger partial charge on any atom is -0.508 e. The van der Waals surface area contributed by atoms with Crippen LogP contribution < -0.4 is 0 Å². The summed E-state index contributed by atoms with van der Waals surface area (Å²) >= 11 is 0. The summed E-state index contributed by atoms with van der Waals surface area (Å²) in [6.07, 6.45) is 4.65. The number of hydrogen-bond donors (Lipinski definition) is 1. The van der Waals surface area contributed by atoms with Crippen molar-refractivity contribution in [3.8, 4) is 5.75 Å². The van der Waals surface area contributed by atoms with Crippen LogP contribution in [-0.4, -0.2) is 16.1 Å². The van der Waals surface area contributed by atoms with Crippen LogP contribution in [-0.2, 0) is 6.42 Å². The monoisotopic (exact) mass is 192 g/mol. The van der Waals surface area contributed by atoms with Gasteiger partial charge in [0, 0.05) is 11.0 Å². The zero-order valence-electron chi connectivity index (χ0n) is 8.09. The largest absolute Gasteiger partial charge is 0.508 e. The van der Waals surface area contributed by atoms with E-state index in [0.717, 1.165) is 12.0 Å². The lowest BCUT2D eigenvalue weighted by molar-refractivity contribution is 0.466. The topological polar surface area (TPSA) is 20.2 Å². The molecule has 70 valence electrons. The highest BCUT2D eigenvalue weighted by atomic mass is 28.1. The summed E-state index contributed by atoms with van der Waals surface area (Å²) in [6, 6.07) is 7.58. The molecule has 0 unspecified atom stereocenters. The van der Waals surface area contributed by atoms with E-state index in [0.29, 0.717) is 5.75 Å². The lowest BCUT2D eigenvalue weighted by atomic mass is 10.1. The molecule has 0 bridgehead atoms. The van der Waals surface area contributed by atoms with Gasteiger partial charge in [0.2, 0.25) is 0 Å². The van der Waals surface area contributed by atoms with E-state index in [-0.39, 0.29) is 11.0 Å². The summed E-state index contributed by atoms with van der Waals surface area (Å²) in [7, 11) is 0. The molecule has 1 N–H and O–H groups in total. The van der Waals surface area contributed by atoms with Gasteiger partial charge in [0.05, 0.1) is 0 Å². The van der Waals surface area contributed by atoms with E-state index in [2.05, 4.69) is 6.92 Å². The number of para-hydroxylation sites is 1. The van der Waals surface area contributed by atoms with Gasteiger partial charge in [-0.2, -0.15) is 0 Å². The van der Waals surface area contributed by atoms with Gasteiger partial charge in [-0.15, -0.1) is 0 Å². The van der Waals surface area contributed by atoms with E-state index in [9.17, 15) is 5.11 Å². The van der Waals surface area contributed by atoms with Gasteiger partial charge < -0.3 is 5.11 Å². The van der Waals surface area contributed by atoms with Gasteiger partial charge in [-0.25, -0.2) is 0 Å². The van der Waals surface area contributed by atoms with Gasteiger partial charge in [-0.3, -0.25) is 0 Å². The molecular formula is C11H16OSi. The molecule has 0 saturated heterocycles. The Balaban J connectivity index is 0.00000144. The van der Waals surface area contributed by atoms with E-state index in [1.165, 1.54) is 19.3 Å². The molecule has 2 heteroatoms. The van der Waals surface area contributed by atoms with Crippen molar-refractivity contribution in [1.82, 2.24) is 0 Å². The smallest absolute Gasteiger partial charge is 0.118 e. The van der Waals surface area contributed by atoms with Crippen LogP contribution in [0.1, 0.15) is 31.7 Å². The molecule has 1 nitrogen and oxygen atoms in total. The first-order chi connectivity index (χ1) is 5.84. The Morgan fingerprint density at radius 2 is 1.85 bits per heavy atom. The minimum atomic E-state index is 0. The van der Waals surface area contributed by atoms with Crippen molar-refractivity contribution in [1.29, 1.82) is 0 Å². The van der Waals surface area contributed by atoms with E-state index in [1.807, 2.05) is 18.2 Å². The van der Waals surface area contributed by atoms with Crippen molar-refractivity contribution in [2.24, 2.45) is 0 Å². The molecule has 1 aromatic carbocycles. The molecule has 0 fully saturated rings. The normalized spacial score (nSPS) is 9.31. The predicted octanol–water partition coefficient (Wildman–Crippen LogP) is 2.74. The summed E-state index contributed by atoms with van der Waals surface area (Å²) in [5, 5.41) is 9.41. The fourth-order valence-electron chi connectivity index (χ4n) is 1.29. The van der Waals surface area contributed by atoms with E-state index in [4.69, 9.17) is 0 Å². The third-order valence-corrected chi connectivity index (χ3v) is 2.04. The first-order valence-corrected chi connectivity index (χ1v) is 4.61. The molecule has 0 aliphatic heterocycles. The second kappa shape index (κ2) is 6.72. The Labute approximate surface area is 84.8 Å². The summed E-state index contributed by atoms with van der Waals surface area (Å²) in [5.41, 5.74) is 1.07. The number of unbranched alkanes of at least 4 members (excludes halogenated alkanes) is 2. The fourth-order valence-corrected chi connectivity index (χ4v) is 1.29. The molecule has 0 atom stereocenters. The highest BCUT2D eigenvalue weighted by molar-refractivity contribution is 5.75. The zero-order valence-corrected chi connectivity index (χ0v) is 9.09. The lowest BCUT2D eigenvalue weighted by Gasteiger charge is -2.02. The van der Waals surface area contributed by atoms with Crippen molar-refractivity contribution in [3.63, 3.8) is 0 Å². The van der Waals surface area contributed by atoms with Gasteiger partial charge in [0.25, 0.3) is 0 Å². The molecule has 4 radical (unpaired) electrons. The van der Waals surface area contributed by atoms with Crippen LogP contribution >= 0.6 is 0 Å². The van der Waals surface area contributed by atoms with Crippen molar-refractivity contribution in [2.75, 3.05) is 0 Å². The highest BCUT2D eigenvalue weighted by Gasteiger charge is 1.97. The fraction of sp³-hybridized carbons (Fsp3) is 0.455. The first kappa shape index (κ1) is 12.2. The molecule has 0 amide bonds. The maximum atomic E-state index is 9.41. The molecule has 1 aromatic rings. The van der Waals surface area contributed by atoms with Crippen LogP contribution in [0.25, 0.3) is 0 Å². The van der Waals surface area contributed by atoms with Crippen LogP contribution in [0.3, 0.4) is 0 Å². The van der Waals surface area contributed by atoms with Crippen LogP contribution in [0.5, 0.6) is 5.75 Å². The quantitative estimate of drug-likeness (QED) is 0.574. The Bertz CT molecular complexity index is 235. The van der Waals surface area contributed by atoms with Crippen LogP contribution in [0, 0.1) is 0 Å². The number of hydrogen-bond acceptors (Lipinski definition) is 1. The third kappa shape index (κ3) is 4.13. The average molecular weight is 192 g/mol. The SMILES string of the molecule is CCCCCc1ccccc1O.[Si]. The summed E-state index contributed by atoms with van der Waals surface area (Å²) < 4.78 is 0. The number of aromatic hydroxyl groups is 1. The number of rotatable bonds is 4. The number of benzene rings is 1. The highest BCUT2D eigenvalue weighted by Crippen LogP contribution is 2.17. The van der Waals surface area contributed by atoms with Crippen LogP contribution in [0.4, 0.5) is 0 Å². The van der Waals surface area contributed by atoms with Crippen molar-refractivity contribution < 1.29 is 5.11 Å². The van der Waals surface area contributed by atoms with Gasteiger partial charge in [-0.05, 0) is 24.5 Å². The number of aryl methyl sites for hydroxylation is 1. The summed E-state index contributed by atoms with van der Waals surface area (Å²) in [6.45, 7) is 2.19. The predicted molar refractivity (Wildman–Crippen MR) is 57.1 cm³/mol. The molecule has 0 aromatic heterocycles. The number of phenols is 1. The third-order valence-electron chi connectivity index (χ3n) is 2.04. The van der Waals surface area contributed by atoms with Gasteiger partial charge >= 0.3 is 0 Å².